The summed E-state index contributed by atoms with van der Waals surface area (Å²) in [4.78, 5) is 24.6. The minimum absolute atomic E-state index is 0.279. The Hall–Kier alpha value is -1.69. The van der Waals surface area contributed by atoms with Crippen molar-refractivity contribution in [2.24, 2.45) is 0 Å². The van der Waals surface area contributed by atoms with Crippen LogP contribution in [0.2, 0.25) is 0 Å². The Morgan fingerprint density at radius 3 is 2.83 bits per heavy atom. The number of carbonyl (C=O) groups is 2. The molecule has 1 saturated heterocycles. The molecule has 18 heavy (non-hydrogen) atoms. The van der Waals surface area contributed by atoms with Crippen LogP contribution < -0.4 is 5.73 Å². The van der Waals surface area contributed by atoms with E-state index in [0.717, 1.165) is 5.56 Å². The highest BCUT2D eigenvalue weighted by Gasteiger charge is 2.34. The summed E-state index contributed by atoms with van der Waals surface area (Å²) in [5.41, 5.74) is 7.64. The summed E-state index contributed by atoms with van der Waals surface area (Å²) in [5.74, 6) is -0.404. The van der Waals surface area contributed by atoms with E-state index in [1.54, 1.807) is 18.2 Å². The molecule has 1 aromatic rings. The molecular formula is C12H14N2O3S. The van der Waals surface area contributed by atoms with Crippen molar-refractivity contribution in [1.82, 2.24) is 4.90 Å². The molecule has 3 N–H and O–H groups in total. The van der Waals surface area contributed by atoms with Crippen LogP contribution in [0.15, 0.2) is 18.2 Å². The highest BCUT2D eigenvalue weighted by molar-refractivity contribution is 7.99. The minimum atomic E-state index is -0.964. The maximum atomic E-state index is 12.2. The third-order valence-corrected chi connectivity index (χ3v) is 3.97. The fourth-order valence-electron chi connectivity index (χ4n) is 1.79. The molecule has 0 spiro atoms. The van der Waals surface area contributed by atoms with Crippen molar-refractivity contribution >= 4 is 29.3 Å². The zero-order chi connectivity index (χ0) is 13.3. The summed E-state index contributed by atoms with van der Waals surface area (Å²) in [6.45, 7) is 1.86. The first-order chi connectivity index (χ1) is 8.50. The van der Waals surface area contributed by atoms with E-state index in [9.17, 15) is 9.59 Å². The van der Waals surface area contributed by atoms with Gasteiger partial charge in [0.1, 0.15) is 6.04 Å². The molecule has 0 radical (unpaired) electrons. The number of rotatable bonds is 2. The third kappa shape index (κ3) is 2.28. The van der Waals surface area contributed by atoms with Crippen LogP contribution in [0.3, 0.4) is 0 Å². The molecule has 96 valence electrons. The summed E-state index contributed by atoms with van der Waals surface area (Å²) in [7, 11) is 0. The second-order valence-corrected chi connectivity index (χ2v) is 5.20. The minimum Gasteiger partial charge on any atom is -0.480 e. The first-order valence-corrected chi connectivity index (χ1v) is 6.64. The molecule has 1 aliphatic heterocycles. The van der Waals surface area contributed by atoms with Gasteiger partial charge in [-0.05, 0) is 24.6 Å². The Kier molecular flexibility index (Phi) is 3.47. The van der Waals surface area contributed by atoms with E-state index in [0.29, 0.717) is 22.9 Å². The van der Waals surface area contributed by atoms with Crippen molar-refractivity contribution in [3.63, 3.8) is 0 Å². The predicted molar refractivity (Wildman–Crippen MR) is 70.5 cm³/mol. The number of anilines is 1. The number of carboxylic acid groups (broad SMARTS) is 1. The molecule has 1 aromatic carbocycles. The fourth-order valence-corrected chi connectivity index (χ4v) is 2.93. The topological polar surface area (TPSA) is 83.6 Å². The molecule has 1 aliphatic rings. The smallest absolute Gasteiger partial charge is 0.327 e. The number of nitrogens with zero attached hydrogens (tertiary/aromatic N) is 1. The standard InChI is InChI=1S/C12H14N2O3S/c1-7-2-3-8(4-9(7)13)11(15)14-6-18-5-10(14)12(16)17/h2-4,10H,5-6,13H2,1H3,(H,16,17)/t10-/m0/s1. The molecule has 1 amide bonds. The average molecular weight is 266 g/mol. The number of amides is 1. The van der Waals surface area contributed by atoms with Gasteiger partial charge in [0.05, 0.1) is 5.88 Å². The first-order valence-electron chi connectivity index (χ1n) is 5.48. The summed E-state index contributed by atoms with van der Waals surface area (Å²) in [6, 6.07) is 4.29. The second-order valence-electron chi connectivity index (χ2n) is 4.20. The predicted octanol–water partition coefficient (Wildman–Crippen LogP) is 1.18. The molecule has 0 bridgehead atoms. The quantitative estimate of drug-likeness (QED) is 0.785. The molecule has 1 fully saturated rings. The van der Waals surface area contributed by atoms with Crippen LogP contribution >= 0.6 is 11.8 Å². The SMILES string of the molecule is Cc1ccc(C(=O)N2CSC[C@H]2C(=O)O)cc1N. The number of hydrogen-bond acceptors (Lipinski definition) is 4. The number of thioether (sulfide) groups is 1. The van der Waals surface area contributed by atoms with E-state index in [4.69, 9.17) is 10.8 Å². The normalized spacial score (nSPS) is 18.9. The number of nitrogens with two attached hydrogens (primary N) is 1. The highest BCUT2D eigenvalue weighted by Crippen LogP contribution is 2.24. The fraction of sp³-hybridized carbons (Fsp3) is 0.333. The number of nitrogen functional groups attached to an aromatic ring is 1. The van der Waals surface area contributed by atoms with Gasteiger partial charge in [-0.15, -0.1) is 11.8 Å². The average Bonchev–Trinajstić information content (AvgIpc) is 2.81. The number of hydrogen-bond donors (Lipinski definition) is 2. The van der Waals surface area contributed by atoms with Gasteiger partial charge in [-0.1, -0.05) is 6.07 Å². The van der Waals surface area contributed by atoms with E-state index < -0.39 is 12.0 Å². The van der Waals surface area contributed by atoms with Gasteiger partial charge in [0, 0.05) is 17.0 Å². The Labute approximate surface area is 109 Å². The van der Waals surface area contributed by atoms with Gasteiger partial charge in [0.25, 0.3) is 5.91 Å². The van der Waals surface area contributed by atoms with Crippen molar-refractivity contribution in [1.29, 1.82) is 0 Å². The summed E-state index contributed by atoms with van der Waals surface area (Å²) >= 11 is 1.44. The number of carbonyl (C=O) groups excluding carboxylic acids is 1. The van der Waals surface area contributed by atoms with Crippen LogP contribution in [0.1, 0.15) is 15.9 Å². The molecule has 0 saturated carbocycles. The molecule has 1 heterocycles. The third-order valence-electron chi connectivity index (χ3n) is 2.95. The highest BCUT2D eigenvalue weighted by atomic mass is 32.2. The maximum absolute atomic E-state index is 12.2. The van der Waals surface area contributed by atoms with Crippen LogP contribution in [-0.4, -0.2) is 39.6 Å². The molecule has 2 rings (SSSR count). The lowest BCUT2D eigenvalue weighted by Crippen LogP contribution is -2.41. The lowest BCUT2D eigenvalue weighted by Gasteiger charge is -2.20. The van der Waals surface area contributed by atoms with E-state index in [1.165, 1.54) is 16.7 Å². The van der Waals surface area contributed by atoms with Crippen molar-refractivity contribution in [3.8, 4) is 0 Å². The van der Waals surface area contributed by atoms with Crippen LogP contribution in [0.5, 0.6) is 0 Å². The van der Waals surface area contributed by atoms with Gasteiger partial charge in [0.2, 0.25) is 0 Å². The van der Waals surface area contributed by atoms with Gasteiger partial charge < -0.3 is 15.7 Å². The van der Waals surface area contributed by atoms with Gasteiger partial charge in [-0.3, -0.25) is 4.79 Å². The van der Waals surface area contributed by atoms with Gasteiger partial charge >= 0.3 is 5.97 Å². The molecule has 1 atom stereocenters. The van der Waals surface area contributed by atoms with Gasteiger partial charge in [-0.2, -0.15) is 0 Å². The number of aliphatic carboxylic acids is 1. The van der Waals surface area contributed by atoms with E-state index >= 15 is 0 Å². The van der Waals surface area contributed by atoms with Crippen LogP contribution in [-0.2, 0) is 4.79 Å². The Balaban J connectivity index is 2.25. The van der Waals surface area contributed by atoms with Crippen LogP contribution in [0.25, 0.3) is 0 Å². The number of benzene rings is 1. The summed E-state index contributed by atoms with van der Waals surface area (Å²) in [5, 5.41) is 9.05. The largest absolute Gasteiger partial charge is 0.480 e. The van der Waals surface area contributed by atoms with Gasteiger partial charge in [0.15, 0.2) is 0 Å². The molecule has 0 aliphatic carbocycles. The molecule has 6 heteroatoms. The molecular weight excluding hydrogens is 252 g/mol. The number of carboxylic acids is 1. The second kappa shape index (κ2) is 4.89. The summed E-state index contributed by atoms with van der Waals surface area (Å²) in [6.07, 6.45) is 0. The van der Waals surface area contributed by atoms with Crippen molar-refractivity contribution in [3.05, 3.63) is 29.3 Å². The zero-order valence-corrected chi connectivity index (χ0v) is 10.7. The van der Waals surface area contributed by atoms with Gasteiger partial charge in [-0.25, -0.2) is 4.79 Å². The van der Waals surface area contributed by atoms with Crippen molar-refractivity contribution in [2.75, 3.05) is 17.4 Å². The van der Waals surface area contributed by atoms with Crippen LogP contribution in [0.4, 0.5) is 5.69 Å². The van der Waals surface area contributed by atoms with E-state index in [1.807, 2.05) is 6.92 Å². The maximum Gasteiger partial charge on any atom is 0.327 e. The zero-order valence-electron chi connectivity index (χ0n) is 9.92. The molecule has 0 unspecified atom stereocenters. The molecule has 5 nitrogen and oxygen atoms in total. The molecule has 0 aromatic heterocycles. The lowest BCUT2D eigenvalue weighted by molar-refractivity contribution is -0.140. The monoisotopic (exact) mass is 266 g/mol. The Morgan fingerprint density at radius 2 is 2.22 bits per heavy atom. The first kappa shape index (κ1) is 12.8. The van der Waals surface area contributed by atoms with Crippen LogP contribution in [0, 0.1) is 6.92 Å². The Bertz CT molecular complexity index is 504. The van der Waals surface area contributed by atoms with E-state index in [-0.39, 0.29) is 5.91 Å². The van der Waals surface area contributed by atoms with Crippen molar-refractivity contribution < 1.29 is 14.7 Å². The summed E-state index contributed by atoms with van der Waals surface area (Å²) < 4.78 is 0. The van der Waals surface area contributed by atoms with Crippen molar-refractivity contribution in [2.45, 2.75) is 13.0 Å². The lowest BCUT2D eigenvalue weighted by atomic mass is 10.1. The number of aryl methyl sites for hydroxylation is 1. The van der Waals surface area contributed by atoms with E-state index in [2.05, 4.69) is 0 Å². The Morgan fingerprint density at radius 1 is 1.50 bits per heavy atom.